The van der Waals surface area contributed by atoms with Crippen LogP contribution in [0.5, 0.6) is 0 Å². The Hall–Kier alpha value is -1.33. The van der Waals surface area contributed by atoms with Gasteiger partial charge in [0.1, 0.15) is 17.5 Å². The first-order valence-corrected chi connectivity index (χ1v) is 6.86. The van der Waals surface area contributed by atoms with E-state index in [9.17, 15) is 13.2 Å². The Morgan fingerprint density at radius 2 is 1.60 bits per heavy atom. The molecule has 106 valence electrons. The highest BCUT2D eigenvalue weighted by Gasteiger charge is 2.20. The van der Waals surface area contributed by atoms with E-state index in [0.717, 1.165) is 10.0 Å². The summed E-state index contributed by atoms with van der Waals surface area (Å²) in [5, 5.41) is 2.87. The lowest BCUT2D eigenvalue weighted by atomic mass is 9.98. The number of hydrogen-bond acceptors (Lipinski definition) is 1. The van der Waals surface area contributed by atoms with Crippen LogP contribution in [-0.4, -0.2) is 7.05 Å². The van der Waals surface area contributed by atoms with Gasteiger partial charge < -0.3 is 5.32 Å². The molecule has 0 aliphatic rings. The second kappa shape index (κ2) is 6.41. The van der Waals surface area contributed by atoms with Gasteiger partial charge in [0.25, 0.3) is 0 Å². The Bertz CT molecular complexity index is 576. The number of benzene rings is 2. The average Bonchev–Trinajstić information content (AvgIpc) is 2.38. The molecule has 0 aromatic heterocycles. The highest BCUT2D eigenvalue weighted by atomic mass is 79.9. The van der Waals surface area contributed by atoms with E-state index in [1.807, 2.05) is 24.3 Å². The van der Waals surface area contributed by atoms with Crippen molar-refractivity contribution in [2.45, 2.75) is 12.5 Å². The van der Waals surface area contributed by atoms with Gasteiger partial charge in [-0.15, -0.1) is 0 Å². The molecule has 0 saturated carbocycles. The van der Waals surface area contributed by atoms with Crippen molar-refractivity contribution in [3.63, 3.8) is 0 Å². The van der Waals surface area contributed by atoms with Crippen molar-refractivity contribution < 1.29 is 13.2 Å². The Balaban J connectivity index is 2.31. The van der Waals surface area contributed by atoms with Crippen LogP contribution in [0.15, 0.2) is 40.9 Å². The molecule has 0 saturated heterocycles. The fraction of sp³-hybridized carbons (Fsp3) is 0.200. The molecule has 0 aliphatic carbocycles. The van der Waals surface area contributed by atoms with Gasteiger partial charge in [-0.3, -0.25) is 0 Å². The zero-order valence-electron chi connectivity index (χ0n) is 10.8. The van der Waals surface area contributed by atoms with Gasteiger partial charge in [-0.05, 0) is 31.2 Å². The van der Waals surface area contributed by atoms with Crippen molar-refractivity contribution in [3.05, 3.63) is 69.4 Å². The van der Waals surface area contributed by atoms with E-state index >= 15 is 0 Å². The predicted molar refractivity (Wildman–Crippen MR) is 76.0 cm³/mol. The molecule has 2 aromatic carbocycles. The Kier molecular flexibility index (Phi) is 4.83. The summed E-state index contributed by atoms with van der Waals surface area (Å²) in [5.74, 6) is -2.67. The zero-order chi connectivity index (χ0) is 14.7. The van der Waals surface area contributed by atoms with E-state index < -0.39 is 23.5 Å². The van der Waals surface area contributed by atoms with Crippen LogP contribution >= 0.6 is 15.9 Å². The molecule has 1 atom stereocenters. The maximum absolute atomic E-state index is 13.8. The van der Waals surface area contributed by atoms with Crippen LogP contribution in [0, 0.1) is 17.5 Å². The zero-order valence-corrected chi connectivity index (χ0v) is 12.3. The van der Waals surface area contributed by atoms with Gasteiger partial charge in [-0.2, -0.15) is 0 Å². The third-order valence-corrected chi connectivity index (χ3v) is 3.62. The van der Waals surface area contributed by atoms with Crippen LogP contribution < -0.4 is 5.32 Å². The molecule has 1 unspecified atom stereocenters. The molecule has 0 radical (unpaired) electrons. The summed E-state index contributed by atoms with van der Waals surface area (Å²) in [6.45, 7) is 0. The van der Waals surface area contributed by atoms with E-state index in [1.165, 1.54) is 0 Å². The number of nitrogens with one attached hydrogen (secondary N) is 1. The van der Waals surface area contributed by atoms with Gasteiger partial charge in [0.2, 0.25) is 0 Å². The minimum atomic E-state index is -0.915. The minimum absolute atomic E-state index is 0.142. The van der Waals surface area contributed by atoms with Crippen LogP contribution in [0.4, 0.5) is 13.2 Å². The Morgan fingerprint density at radius 3 is 2.10 bits per heavy atom. The monoisotopic (exact) mass is 343 g/mol. The smallest absolute Gasteiger partial charge is 0.133 e. The van der Waals surface area contributed by atoms with Crippen LogP contribution in [0.25, 0.3) is 0 Å². The maximum Gasteiger partial charge on any atom is 0.133 e. The van der Waals surface area contributed by atoms with E-state index in [-0.39, 0.29) is 5.56 Å². The molecule has 0 spiro atoms. The standard InChI is InChI=1S/C15H13BrF3N/c1-20-14(6-9-2-4-10(16)5-3-9)15-12(18)7-11(17)8-13(15)19/h2-5,7-8,14,20H,6H2,1H3. The normalized spacial score (nSPS) is 12.4. The van der Waals surface area contributed by atoms with Crippen LogP contribution in [0.2, 0.25) is 0 Å². The first-order valence-electron chi connectivity index (χ1n) is 6.07. The molecule has 1 nitrogen and oxygen atoms in total. The molecule has 20 heavy (non-hydrogen) atoms. The highest BCUT2D eigenvalue weighted by Crippen LogP contribution is 2.25. The first-order chi connectivity index (χ1) is 9.51. The van der Waals surface area contributed by atoms with Crippen molar-refractivity contribution in [2.24, 2.45) is 0 Å². The van der Waals surface area contributed by atoms with Gasteiger partial charge in [0, 0.05) is 28.2 Å². The fourth-order valence-corrected chi connectivity index (χ4v) is 2.36. The summed E-state index contributed by atoms with van der Waals surface area (Å²) < 4.78 is 41.4. The van der Waals surface area contributed by atoms with Crippen molar-refractivity contribution >= 4 is 15.9 Å². The second-order valence-corrected chi connectivity index (χ2v) is 5.37. The maximum atomic E-state index is 13.8. The lowest BCUT2D eigenvalue weighted by molar-refractivity contribution is 0.475. The average molecular weight is 344 g/mol. The quantitative estimate of drug-likeness (QED) is 0.869. The van der Waals surface area contributed by atoms with Crippen molar-refractivity contribution in [3.8, 4) is 0 Å². The van der Waals surface area contributed by atoms with Crippen LogP contribution in [0.1, 0.15) is 17.2 Å². The minimum Gasteiger partial charge on any atom is -0.313 e. The molecule has 1 N–H and O–H groups in total. The van der Waals surface area contributed by atoms with Crippen LogP contribution in [-0.2, 0) is 6.42 Å². The fourth-order valence-electron chi connectivity index (χ4n) is 2.09. The molecule has 2 aromatic rings. The van der Waals surface area contributed by atoms with Crippen LogP contribution in [0.3, 0.4) is 0 Å². The summed E-state index contributed by atoms with van der Waals surface area (Å²) in [4.78, 5) is 0. The predicted octanol–water partition coefficient (Wildman–Crippen LogP) is 4.37. The molecular weight excluding hydrogens is 331 g/mol. The van der Waals surface area contributed by atoms with E-state index in [0.29, 0.717) is 18.6 Å². The van der Waals surface area contributed by atoms with E-state index in [4.69, 9.17) is 0 Å². The number of likely N-dealkylation sites (N-methyl/N-ethyl adjacent to an activating group) is 1. The van der Waals surface area contributed by atoms with Crippen molar-refractivity contribution in [2.75, 3.05) is 7.05 Å². The molecular formula is C15H13BrF3N. The number of rotatable bonds is 4. The summed E-state index contributed by atoms with van der Waals surface area (Å²) in [7, 11) is 1.62. The summed E-state index contributed by atoms with van der Waals surface area (Å²) in [6.07, 6.45) is 0.406. The van der Waals surface area contributed by atoms with Gasteiger partial charge >= 0.3 is 0 Å². The number of hydrogen-bond donors (Lipinski definition) is 1. The van der Waals surface area contributed by atoms with E-state index in [1.54, 1.807) is 7.05 Å². The third-order valence-electron chi connectivity index (χ3n) is 3.09. The first kappa shape index (κ1) is 15.1. The van der Waals surface area contributed by atoms with Crippen molar-refractivity contribution in [1.29, 1.82) is 0 Å². The second-order valence-electron chi connectivity index (χ2n) is 4.45. The molecule has 0 aliphatic heterocycles. The third kappa shape index (κ3) is 3.41. The SMILES string of the molecule is CNC(Cc1ccc(Br)cc1)c1c(F)cc(F)cc1F. The molecule has 0 amide bonds. The molecule has 0 fully saturated rings. The molecule has 5 heteroatoms. The van der Waals surface area contributed by atoms with Gasteiger partial charge in [-0.25, -0.2) is 13.2 Å². The molecule has 0 bridgehead atoms. The van der Waals surface area contributed by atoms with Gasteiger partial charge in [0.05, 0.1) is 0 Å². The number of halogens is 4. The lowest BCUT2D eigenvalue weighted by Gasteiger charge is -2.18. The van der Waals surface area contributed by atoms with Gasteiger partial charge in [0.15, 0.2) is 0 Å². The summed E-state index contributed by atoms with van der Waals surface area (Å²) in [6, 6.07) is 8.30. The van der Waals surface area contributed by atoms with Gasteiger partial charge in [-0.1, -0.05) is 28.1 Å². The molecule has 2 rings (SSSR count). The highest BCUT2D eigenvalue weighted by molar-refractivity contribution is 9.10. The molecule has 0 heterocycles. The van der Waals surface area contributed by atoms with E-state index in [2.05, 4.69) is 21.2 Å². The topological polar surface area (TPSA) is 12.0 Å². The summed E-state index contributed by atoms with van der Waals surface area (Å²) in [5.41, 5.74) is 0.785. The lowest BCUT2D eigenvalue weighted by Crippen LogP contribution is -2.21. The summed E-state index contributed by atoms with van der Waals surface area (Å²) >= 11 is 3.33. The largest absolute Gasteiger partial charge is 0.313 e. The Morgan fingerprint density at radius 1 is 1.05 bits per heavy atom. The Labute approximate surface area is 123 Å². The van der Waals surface area contributed by atoms with Crippen molar-refractivity contribution in [1.82, 2.24) is 5.32 Å².